The molecule has 8 heteroatoms. The summed E-state index contributed by atoms with van der Waals surface area (Å²) in [5.74, 6) is -0.866. The van der Waals surface area contributed by atoms with Crippen molar-refractivity contribution in [2.24, 2.45) is 10.9 Å². The average molecular weight is 453 g/mol. The lowest BCUT2D eigenvalue weighted by atomic mass is 10.1. The van der Waals surface area contributed by atoms with Crippen LogP contribution in [0.3, 0.4) is 0 Å². The fraction of sp³-hybridized carbons (Fsp3) is 0.400. The monoisotopic (exact) mass is 452 g/mol. The van der Waals surface area contributed by atoms with Crippen LogP contribution in [0.15, 0.2) is 52.3 Å². The molecule has 0 spiro atoms. The van der Waals surface area contributed by atoms with Crippen LogP contribution in [0.1, 0.15) is 44.4 Å². The Morgan fingerprint density at radius 1 is 1.15 bits per heavy atom. The summed E-state index contributed by atoms with van der Waals surface area (Å²) in [6, 6.07) is 13.6. The van der Waals surface area contributed by atoms with Gasteiger partial charge in [0.25, 0.3) is 0 Å². The molecule has 0 saturated heterocycles. The first-order valence-corrected chi connectivity index (χ1v) is 11.2. The third kappa shape index (κ3) is 6.03. The molecule has 2 aromatic carbocycles. The van der Waals surface area contributed by atoms with E-state index in [4.69, 9.17) is 9.73 Å². The summed E-state index contributed by atoms with van der Waals surface area (Å²) in [5.41, 5.74) is 3.81. The zero-order valence-corrected chi connectivity index (χ0v) is 19.8. The highest BCUT2D eigenvalue weighted by atomic mass is 16.5. The zero-order chi connectivity index (χ0) is 24.1. The van der Waals surface area contributed by atoms with Crippen molar-refractivity contribution in [2.45, 2.75) is 60.2 Å². The SMILES string of the molecule is CCc1cc(/N=c2\[nH]n(C[C@H](C)C(=O)O)c(=O)n2Cc2ccc(C)cc2)ccc1OC(C)C. The van der Waals surface area contributed by atoms with Gasteiger partial charge >= 0.3 is 11.7 Å². The Morgan fingerprint density at radius 2 is 1.85 bits per heavy atom. The van der Waals surface area contributed by atoms with E-state index in [1.54, 1.807) is 6.92 Å². The van der Waals surface area contributed by atoms with Gasteiger partial charge in [-0.05, 0) is 56.5 Å². The summed E-state index contributed by atoms with van der Waals surface area (Å²) in [4.78, 5) is 29.2. The van der Waals surface area contributed by atoms with E-state index in [1.165, 1.54) is 9.25 Å². The molecular formula is C25H32N4O4. The van der Waals surface area contributed by atoms with Gasteiger partial charge in [-0.1, -0.05) is 43.7 Å². The van der Waals surface area contributed by atoms with E-state index in [0.29, 0.717) is 17.9 Å². The summed E-state index contributed by atoms with van der Waals surface area (Å²) in [7, 11) is 0. The number of nitrogens with one attached hydrogen (secondary N) is 1. The summed E-state index contributed by atoms with van der Waals surface area (Å²) in [6.45, 7) is 9.94. The predicted molar refractivity (Wildman–Crippen MR) is 127 cm³/mol. The number of hydrogen-bond acceptors (Lipinski definition) is 4. The van der Waals surface area contributed by atoms with Crippen LogP contribution in [0.4, 0.5) is 5.69 Å². The number of carbonyl (C=O) groups is 1. The normalized spacial score (nSPS) is 12.8. The number of aromatic amines is 1. The first-order chi connectivity index (χ1) is 15.7. The molecule has 0 aliphatic heterocycles. The Balaban J connectivity index is 2.08. The zero-order valence-electron chi connectivity index (χ0n) is 19.8. The Labute approximate surface area is 193 Å². The van der Waals surface area contributed by atoms with E-state index in [0.717, 1.165) is 28.9 Å². The molecule has 1 atom stereocenters. The van der Waals surface area contributed by atoms with E-state index < -0.39 is 11.9 Å². The fourth-order valence-electron chi connectivity index (χ4n) is 3.45. The lowest BCUT2D eigenvalue weighted by Crippen LogP contribution is -2.31. The van der Waals surface area contributed by atoms with Crippen molar-refractivity contribution in [3.63, 3.8) is 0 Å². The highest BCUT2D eigenvalue weighted by Crippen LogP contribution is 2.25. The maximum absolute atomic E-state index is 13.1. The van der Waals surface area contributed by atoms with Crippen molar-refractivity contribution in [1.29, 1.82) is 0 Å². The van der Waals surface area contributed by atoms with Gasteiger partial charge in [-0.3, -0.25) is 14.5 Å². The number of carboxylic acids is 1. The molecule has 2 N–H and O–H groups in total. The molecule has 0 aliphatic carbocycles. The quantitative estimate of drug-likeness (QED) is 0.517. The second kappa shape index (κ2) is 10.4. The van der Waals surface area contributed by atoms with E-state index in [1.807, 2.05) is 63.2 Å². The lowest BCUT2D eigenvalue weighted by molar-refractivity contribution is -0.141. The summed E-state index contributed by atoms with van der Waals surface area (Å²) in [5, 5.41) is 12.3. The minimum atomic E-state index is -0.964. The van der Waals surface area contributed by atoms with Crippen molar-refractivity contribution in [2.75, 3.05) is 0 Å². The van der Waals surface area contributed by atoms with Crippen LogP contribution in [0.5, 0.6) is 5.75 Å². The molecule has 0 amide bonds. The van der Waals surface area contributed by atoms with Crippen LogP contribution in [0.25, 0.3) is 0 Å². The average Bonchev–Trinajstić information content (AvgIpc) is 3.04. The van der Waals surface area contributed by atoms with E-state index in [9.17, 15) is 14.7 Å². The number of ether oxygens (including phenoxy) is 1. The molecule has 1 heterocycles. The van der Waals surface area contributed by atoms with Gasteiger partial charge in [0.15, 0.2) is 0 Å². The molecule has 3 aromatic rings. The highest BCUT2D eigenvalue weighted by Gasteiger charge is 2.16. The van der Waals surface area contributed by atoms with E-state index in [2.05, 4.69) is 12.0 Å². The molecule has 176 valence electrons. The topological polar surface area (TPSA) is 102 Å². The van der Waals surface area contributed by atoms with Crippen LogP contribution in [-0.4, -0.2) is 31.5 Å². The third-order valence-corrected chi connectivity index (χ3v) is 5.31. The van der Waals surface area contributed by atoms with Gasteiger partial charge in [0.1, 0.15) is 5.75 Å². The molecule has 3 rings (SSSR count). The molecule has 1 aromatic heterocycles. The van der Waals surface area contributed by atoms with Crippen molar-refractivity contribution in [3.8, 4) is 5.75 Å². The summed E-state index contributed by atoms with van der Waals surface area (Å²) >= 11 is 0. The first-order valence-electron chi connectivity index (χ1n) is 11.2. The Hall–Kier alpha value is -3.55. The van der Waals surface area contributed by atoms with E-state index >= 15 is 0 Å². The van der Waals surface area contributed by atoms with E-state index in [-0.39, 0.29) is 18.3 Å². The highest BCUT2D eigenvalue weighted by molar-refractivity contribution is 5.69. The van der Waals surface area contributed by atoms with Crippen molar-refractivity contribution in [3.05, 3.63) is 75.3 Å². The maximum Gasteiger partial charge on any atom is 0.345 e. The smallest absolute Gasteiger partial charge is 0.345 e. The Kier molecular flexibility index (Phi) is 7.58. The summed E-state index contributed by atoms with van der Waals surface area (Å²) in [6.07, 6.45) is 0.846. The van der Waals surface area contributed by atoms with Gasteiger partial charge in [-0.2, -0.15) is 0 Å². The Bertz CT molecular complexity index is 1230. The largest absolute Gasteiger partial charge is 0.491 e. The van der Waals surface area contributed by atoms with Crippen LogP contribution >= 0.6 is 0 Å². The molecule has 0 unspecified atom stereocenters. The fourth-order valence-corrected chi connectivity index (χ4v) is 3.45. The number of nitrogens with zero attached hydrogens (tertiary/aromatic N) is 3. The van der Waals surface area contributed by atoms with Crippen LogP contribution in [-0.2, 0) is 24.3 Å². The van der Waals surface area contributed by atoms with Gasteiger partial charge in [0.05, 0.1) is 30.8 Å². The van der Waals surface area contributed by atoms with Gasteiger partial charge in [-0.15, -0.1) is 0 Å². The number of hydrogen-bond donors (Lipinski definition) is 2. The standard InChI is InChI=1S/C25H32N4O4/c1-6-20-13-21(11-12-22(20)33-16(2)3)26-24-27-29(14-18(5)23(30)31)25(32)28(24)15-19-9-7-17(4)8-10-19/h7-13,16,18H,6,14-15H2,1-5H3,(H,26,27)(H,30,31)/t18-/m0/s1. The van der Waals surface area contributed by atoms with Gasteiger partial charge in [-0.25, -0.2) is 14.5 Å². The molecule has 0 aliphatic rings. The van der Waals surface area contributed by atoms with Crippen LogP contribution in [0.2, 0.25) is 0 Å². The number of aromatic nitrogens is 3. The number of H-pyrrole nitrogens is 1. The van der Waals surface area contributed by atoms with Crippen molar-refractivity contribution >= 4 is 11.7 Å². The van der Waals surface area contributed by atoms with Crippen LogP contribution < -0.4 is 16.0 Å². The molecule has 0 bridgehead atoms. The lowest BCUT2D eigenvalue weighted by Gasteiger charge is -2.13. The van der Waals surface area contributed by atoms with Crippen molar-refractivity contribution in [1.82, 2.24) is 14.3 Å². The molecule has 0 fully saturated rings. The molecule has 0 radical (unpaired) electrons. The minimum absolute atomic E-state index is 0.0267. The molecule has 0 saturated carbocycles. The number of rotatable bonds is 9. The maximum atomic E-state index is 13.1. The van der Waals surface area contributed by atoms with Gasteiger partial charge in [0, 0.05) is 0 Å². The molecule has 8 nitrogen and oxygen atoms in total. The Morgan fingerprint density at radius 3 is 2.45 bits per heavy atom. The third-order valence-electron chi connectivity index (χ3n) is 5.31. The second-order valence-electron chi connectivity index (χ2n) is 8.56. The molecular weight excluding hydrogens is 420 g/mol. The van der Waals surface area contributed by atoms with Gasteiger partial charge in [0.2, 0.25) is 5.62 Å². The van der Waals surface area contributed by atoms with Crippen molar-refractivity contribution < 1.29 is 14.6 Å². The number of carboxylic acid groups (broad SMARTS) is 1. The van der Waals surface area contributed by atoms with Crippen LogP contribution in [0, 0.1) is 12.8 Å². The summed E-state index contributed by atoms with van der Waals surface area (Å²) < 4.78 is 8.72. The number of aryl methyl sites for hydroxylation is 2. The predicted octanol–water partition coefficient (Wildman–Crippen LogP) is 3.64. The minimum Gasteiger partial charge on any atom is -0.491 e. The van der Waals surface area contributed by atoms with Gasteiger partial charge < -0.3 is 9.84 Å². The second-order valence-corrected chi connectivity index (χ2v) is 8.56. The molecule has 33 heavy (non-hydrogen) atoms. The first kappa shape index (κ1) is 24.1. The number of aliphatic carboxylic acids is 1. The number of benzene rings is 2.